The molecule has 0 unspecified atom stereocenters. The smallest absolute Gasteiger partial charge is 0.280 e. The van der Waals surface area contributed by atoms with E-state index in [1.807, 2.05) is 6.08 Å². The van der Waals surface area contributed by atoms with E-state index in [1.54, 1.807) is 80.8 Å². The van der Waals surface area contributed by atoms with Crippen molar-refractivity contribution < 1.29 is 18.7 Å². The number of hydrazone groups is 1. The zero-order valence-electron chi connectivity index (χ0n) is 21.2. The summed E-state index contributed by atoms with van der Waals surface area (Å²) in [6, 6.07) is 17.7. The largest absolute Gasteiger partial charge is 0.497 e. The van der Waals surface area contributed by atoms with Gasteiger partial charge in [0.2, 0.25) is 0 Å². The maximum atomic E-state index is 13.1. The van der Waals surface area contributed by atoms with Crippen LogP contribution in [0, 0.1) is 11.3 Å². The molecule has 0 saturated heterocycles. The van der Waals surface area contributed by atoms with Crippen LogP contribution in [0.25, 0.3) is 17.4 Å². The molecule has 0 saturated carbocycles. The van der Waals surface area contributed by atoms with E-state index in [-0.39, 0.29) is 17.4 Å². The molecule has 0 spiro atoms. The van der Waals surface area contributed by atoms with Gasteiger partial charge in [-0.15, -0.1) is 0 Å². The number of hydrogen-bond acceptors (Lipinski definition) is 6. The van der Waals surface area contributed by atoms with Gasteiger partial charge in [0.05, 0.1) is 35.0 Å². The lowest BCUT2D eigenvalue weighted by Crippen LogP contribution is -2.22. The first kappa shape index (κ1) is 25.8. The number of benzene rings is 2. The van der Waals surface area contributed by atoms with Gasteiger partial charge in [0.1, 0.15) is 17.3 Å². The fourth-order valence-electron chi connectivity index (χ4n) is 4.29. The maximum Gasteiger partial charge on any atom is 0.280 e. The van der Waals surface area contributed by atoms with Crippen molar-refractivity contribution in [1.29, 1.82) is 5.26 Å². The molecular formula is C30H23ClN4O4. The number of ether oxygens (including phenoxy) is 1. The molecule has 8 nitrogen and oxygen atoms in total. The summed E-state index contributed by atoms with van der Waals surface area (Å²) in [5, 5.41) is 18.1. The Bertz CT molecular complexity index is 1650. The number of allylic oxidation sites excluding steroid dienone is 4. The number of anilines is 1. The fourth-order valence-corrected chi connectivity index (χ4v) is 4.49. The minimum atomic E-state index is -0.376. The molecule has 0 radical (unpaired) electrons. The summed E-state index contributed by atoms with van der Waals surface area (Å²) in [5.74, 6) is 0.924. The Kier molecular flexibility index (Phi) is 7.17. The highest BCUT2D eigenvalue weighted by atomic mass is 35.5. The quantitative estimate of drug-likeness (QED) is 0.356. The highest BCUT2D eigenvalue weighted by Crippen LogP contribution is 2.31. The Labute approximate surface area is 230 Å². The van der Waals surface area contributed by atoms with Gasteiger partial charge in [-0.05, 0) is 74.4 Å². The molecule has 0 atom stereocenters. The summed E-state index contributed by atoms with van der Waals surface area (Å²) in [6.45, 7) is 1.75. The van der Waals surface area contributed by atoms with E-state index in [1.165, 1.54) is 5.01 Å². The number of carbonyl (C=O) groups excluding carboxylic acids is 2. The van der Waals surface area contributed by atoms with Crippen LogP contribution >= 0.6 is 11.6 Å². The summed E-state index contributed by atoms with van der Waals surface area (Å²) in [7, 11) is 1.55. The van der Waals surface area contributed by atoms with Crippen molar-refractivity contribution in [1.82, 2.24) is 5.01 Å². The minimum Gasteiger partial charge on any atom is -0.497 e. The Morgan fingerprint density at radius 3 is 2.87 bits per heavy atom. The lowest BCUT2D eigenvalue weighted by molar-refractivity contribution is -0.124. The second-order valence-electron chi connectivity index (χ2n) is 8.89. The molecule has 0 bridgehead atoms. The molecule has 1 aromatic heterocycles. The molecule has 2 aromatic carbocycles. The summed E-state index contributed by atoms with van der Waals surface area (Å²) < 4.78 is 11.2. The lowest BCUT2D eigenvalue weighted by Gasteiger charge is -2.18. The molecule has 39 heavy (non-hydrogen) atoms. The van der Waals surface area contributed by atoms with E-state index in [0.717, 1.165) is 0 Å². The van der Waals surface area contributed by atoms with Crippen LogP contribution in [0.3, 0.4) is 0 Å². The molecule has 3 aromatic rings. The molecule has 2 heterocycles. The van der Waals surface area contributed by atoms with E-state index in [9.17, 15) is 14.9 Å². The van der Waals surface area contributed by atoms with Gasteiger partial charge in [-0.25, -0.2) is 5.01 Å². The number of nitrogens with one attached hydrogen (secondary N) is 1. The highest BCUT2D eigenvalue weighted by molar-refractivity contribution is 6.34. The number of hydrogen-bond donors (Lipinski definition) is 1. The number of rotatable bonds is 6. The van der Waals surface area contributed by atoms with Gasteiger partial charge in [0.15, 0.2) is 0 Å². The van der Waals surface area contributed by atoms with Gasteiger partial charge in [-0.3, -0.25) is 9.59 Å². The molecule has 9 heteroatoms. The van der Waals surface area contributed by atoms with Gasteiger partial charge in [0, 0.05) is 28.6 Å². The second-order valence-corrected chi connectivity index (χ2v) is 9.30. The van der Waals surface area contributed by atoms with Crippen molar-refractivity contribution in [3.05, 3.63) is 99.9 Å². The summed E-state index contributed by atoms with van der Waals surface area (Å²) >= 11 is 6.34. The number of nitrogens with zero attached hydrogens (tertiary/aromatic N) is 3. The normalized spacial score (nSPS) is 15.9. The predicted molar refractivity (Wildman–Crippen MR) is 149 cm³/mol. The monoisotopic (exact) mass is 538 g/mol. The first-order valence-corrected chi connectivity index (χ1v) is 12.5. The van der Waals surface area contributed by atoms with Crippen LogP contribution in [0.5, 0.6) is 5.75 Å². The van der Waals surface area contributed by atoms with Gasteiger partial charge in [0.25, 0.3) is 11.8 Å². The number of nitriles is 1. The van der Waals surface area contributed by atoms with Crippen LogP contribution in [0.4, 0.5) is 5.69 Å². The van der Waals surface area contributed by atoms with Crippen molar-refractivity contribution in [2.24, 2.45) is 5.10 Å². The van der Waals surface area contributed by atoms with E-state index < -0.39 is 0 Å². The topological polar surface area (TPSA) is 108 Å². The second kappa shape index (κ2) is 10.9. The van der Waals surface area contributed by atoms with E-state index in [2.05, 4.69) is 16.5 Å². The SMILES string of the molecule is COc1cccc(NC(=O)c2cc(-c3ccc(/C=C4\C(=O)N(C5=CC(C#N)=CCC5)N=C4C)o3)ccc2Cl)c1. The van der Waals surface area contributed by atoms with Gasteiger partial charge in [-0.2, -0.15) is 10.4 Å². The van der Waals surface area contributed by atoms with E-state index in [0.29, 0.717) is 68.9 Å². The minimum absolute atomic E-state index is 0.279. The molecule has 1 N–H and O–H groups in total. The number of methoxy groups -OCH3 is 1. The van der Waals surface area contributed by atoms with Gasteiger partial charge < -0.3 is 14.5 Å². The summed E-state index contributed by atoms with van der Waals surface area (Å²) in [4.78, 5) is 26.1. The molecule has 1 aliphatic heterocycles. The predicted octanol–water partition coefficient (Wildman–Crippen LogP) is 6.59. The Morgan fingerprint density at radius 2 is 2.08 bits per heavy atom. The number of amides is 2. The summed E-state index contributed by atoms with van der Waals surface area (Å²) in [5.41, 5.74) is 3.66. The number of carbonyl (C=O) groups is 2. The molecule has 2 amide bonds. The number of halogens is 1. The van der Waals surface area contributed by atoms with Crippen LogP contribution in [0.2, 0.25) is 5.02 Å². The van der Waals surface area contributed by atoms with Crippen LogP contribution in [-0.4, -0.2) is 29.6 Å². The van der Waals surface area contributed by atoms with Gasteiger partial charge >= 0.3 is 0 Å². The third-order valence-corrected chi connectivity index (χ3v) is 6.62. The lowest BCUT2D eigenvalue weighted by atomic mass is 10.0. The zero-order valence-corrected chi connectivity index (χ0v) is 22.0. The Hall–Kier alpha value is -4.87. The molecule has 2 aliphatic rings. The van der Waals surface area contributed by atoms with E-state index >= 15 is 0 Å². The third-order valence-electron chi connectivity index (χ3n) is 6.29. The highest BCUT2D eigenvalue weighted by Gasteiger charge is 2.31. The van der Waals surface area contributed by atoms with Crippen molar-refractivity contribution in [2.45, 2.75) is 19.8 Å². The average Bonchev–Trinajstić information content (AvgIpc) is 3.53. The number of furan rings is 1. The van der Waals surface area contributed by atoms with Gasteiger partial charge in [-0.1, -0.05) is 23.7 Å². The molecule has 194 valence electrons. The third kappa shape index (κ3) is 5.40. The van der Waals surface area contributed by atoms with Crippen molar-refractivity contribution >= 4 is 40.9 Å². The zero-order chi connectivity index (χ0) is 27.5. The molecule has 0 fully saturated rings. The first-order chi connectivity index (χ1) is 18.9. The van der Waals surface area contributed by atoms with Crippen LogP contribution < -0.4 is 10.1 Å². The summed E-state index contributed by atoms with van der Waals surface area (Å²) in [6.07, 6.45) is 6.47. The molecule has 1 aliphatic carbocycles. The van der Waals surface area contributed by atoms with Crippen LogP contribution in [-0.2, 0) is 4.79 Å². The maximum absolute atomic E-state index is 13.1. The first-order valence-electron chi connectivity index (χ1n) is 12.1. The van der Waals surface area contributed by atoms with Crippen molar-refractivity contribution in [3.8, 4) is 23.1 Å². The van der Waals surface area contributed by atoms with Crippen LogP contribution in [0.1, 0.15) is 35.9 Å². The standard InChI is InChI=1S/C30H23ClN4O4/c1-18-25(30(37)35(34-18)22-7-3-5-19(13-22)17-32)16-24-10-12-28(39-24)20-9-11-27(31)26(14-20)29(36)33-21-6-4-8-23(15-21)38-2/h4-6,8-16H,3,7H2,1-2H3,(H,33,36)/b25-16-. The average molecular weight is 539 g/mol. The molecule has 5 rings (SSSR count). The van der Waals surface area contributed by atoms with Crippen molar-refractivity contribution in [3.63, 3.8) is 0 Å². The fraction of sp³-hybridized carbons (Fsp3) is 0.133. The van der Waals surface area contributed by atoms with Crippen molar-refractivity contribution in [2.75, 3.05) is 12.4 Å². The van der Waals surface area contributed by atoms with Crippen LogP contribution in [0.15, 0.2) is 93.1 Å². The van der Waals surface area contributed by atoms with E-state index in [4.69, 9.17) is 20.8 Å². The Balaban J connectivity index is 1.36. The Morgan fingerprint density at radius 1 is 1.23 bits per heavy atom. The molecular weight excluding hydrogens is 516 g/mol.